The van der Waals surface area contributed by atoms with Crippen LogP contribution in [0.2, 0.25) is 0 Å². The van der Waals surface area contributed by atoms with Crippen molar-refractivity contribution in [1.82, 2.24) is 15.1 Å². The molecule has 144 valence electrons. The third kappa shape index (κ3) is 3.64. The Balaban J connectivity index is 1.42. The Morgan fingerprint density at radius 3 is 2.54 bits per heavy atom. The highest BCUT2D eigenvalue weighted by Crippen LogP contribution is 2.54. The first-order chi connectivity index (χ1) is 13.6. The van der Waals surface area contributed by atoms with Crippen LogP contribution in [0.15, 0.2) is 66.9 Å². The average Bonchev–Trinajstić information content (AvgIpc) is 3.40. The molecule has 1 heterocycles. The predicted molar refractivity (Wildman–Crippen MR) is 108 cm³/mol. The highest BCUT2D eigenvalue weighted by molar-refractivity contribution is 5.91. The summed E-state index contributed by atoms with van der Waals surface area (Å²) in [4.78, 5) is 12.5. The van der Waals surface area contributed by atoms with Crippen molar-refractivity contribution < 1.29 is 9.90 Å². The number of hydrogen-bond donors (Lipinski definition) is 3. The summed E-state index contributed by atoms with van der Waals surface area (Å²) in [5, 5.41) is 20.9. The summed E-state index contributed by atoms with van der Waals surface area (Å²) < 4.78 is 1.79. The van der Waals surface area contributed by atoms with Crippen molar-refractivity contribution in [1.29, 1.82) is 0 Å². The second-order valence-electron chi connectivity index (χ2n) is 7.38. The maximum absolute atomic E-state index is 12.5. The van der Waals surface area contributed by atoms with E-state index in [4.69, 9.17) is 0 Å². The van der Waals surface area contributed by atoms with Crippen molar-refractivity contribution in [2.75, 3.05) is 11.9 Å². The Morgan fingerprint density at radius 1 is 1.14 bits per heavy atom. The molecule has 3 aromatic rings. The van der Waals surface area contributed by atoms with Gasteiger partial charge in [0.1, 0.15) is 0 Å². The van der Waals surface area contributed by atoms with Crippen molar-refractivity contribution in [3.05, 3.63) is 78.1 Å². The second-order valence-corrected chi connectivity index (χ2v) is 7.38. The van der Waals surface area contributed by atoms with Gasteiger partial charge in [0.2, 0.25) is 0 Å². The number of anilines is 1. The first kappa shape index (κ1) is 18.3. The molecule has 0 aliphatic heterocycles. The fraction of sp³-hybridized carbons (Fsp3) is 0.273. The van der Waals surface area contributed by atoms with Gasteiger partial charge in [0, 0.05) is 23.9 Å². The summed E-state index contributed by atoms with van der Waals surface area (Å²) >= 11 is 0. The van der Waals surface area contributed by atoms with Gasteiger partial charge >= 0.3 is 6.03 Å². The van der Waals surface area contributed by atoms with Gasteiger partial charge in [-0.3, -0.25) is 0 Å². The topological polar surface area (TPSA) is 79.2 Å². The SMILES string of the molecule is Cc1ccnn1-c1ccccc1NC(=O)NCC1(C(O)c2ccccc2)CC1. The zero-order chi connectivity index (χ0) is 19.6. The molecule has 6 heteroatoms. The monoisotopic (exact) mass is 376 g/mol. The lowest BCUT2D eigenvalue weighted by atomic mass is 9.93. The fourth-order valence-corrected chi connectivity index (χ4v) is 3.50. The van der Waals surface area contributed by atoms with Crippen LogP contribution in [0.1, 0.15) is 30.2 Å². The van der Waals surface area contributed by atoms with E-state index in [-0.39, 0.29) is 11.4 Å². The Hall–Kier alpha value is -3.12. The van der Waals surface area contributed by atoms with Crippen molar-refractivity contribution in [2.45, 2.75) is 25.9 Å². The number of urea groups is 1. The minimum Gasteiger partial charge on any atom is -0.388 e. The number of aliphatic hydroxyl groups excluding tert-OH is 1. The Bertz CT molecular complexity index is 963. The summed E-state index contributed by atoms with van der Waals surface area (Å²) in [6, 6.07) is 18.8. The molecule has 2 amide bonds. The third-order valence-electron chi connectivity index (χ3n) is 5.40. The maximum Gasteiger partial charge on any atom is 0.319 e. The van der Waals surface area contributed by atoms with E-state index in [1.54, 1.807) is 10.9 Å². The predicted octanol–water partition coefficient (Wildman–Crippen LogP) is 3.82. The Morgan fingerprint density at radius 2 is 1.86 bits per heavy atom. The van der Waals surface area contributed by atoms with E-state index in [9.17, 15) is 9.90 Å². The molecule has 0 spiro atoms. The van der Waals surface area contributed by atoms with Crippen LogP contribution in [-0.4, -0.2) is 27.5 Å². The molecular formula is C22H24N4O2. The standard InChI is InChI=1S/C22H24N4O2/c1-16-11-14-24-26(16)19-10-6-5-9-18(19)25-21(28)23-15-22(12-13-22)20(27)17-7-3-2-4-8-17/h2-11,14,20,27H,12-13,15H2,1H3,(H2,23,25,28). The highest BCUT2D eigenvalue weighted by atomic mass is 16.3. The quantitative estimate of drug-likeness (QED) is 0.612. The van der Waals surface area contributed by atoms with Gasteiger partial charge in [-0.2, -0.15) is 5.10 Å². The Labute approximate surface area is 164 Å². The van der Waals surface area contributed by atoms with Gasteiger partial charge in [0.05, 0.1) is 17.5 Å². The van der Waals surface area contributed by atoms with Crippen LogP contribution < -0.4 is 10.6 Å². The van der Waals surface area contributed by atoms with E-state index in [1.807, 2.05) is 67.6 Å². The molecule has 1 saturated carbocycles. The number of para-hydroxylation sites is 2. The van der Waals surface area contributed by atoms with E-state index in [0.717, 1.165) is 29.8 Å². The summed E-state index contributed by atoms with van der Waals surface area (Å²) in [5.74, 6) is 0. The number of aromatic nitrogens is 2. The van der Waals surface area contributed by atoms with Gasteiger partial charge < -0.3 is 15.7 Å². The lowest BCUT2D eigenvalue weighted by molar-refractivity contribution is 0.0936. The van der Waals surface area contributed by atoms with Gasteiger partial charge in [-0.1, -0.05) is 42.5 Å². The summed E-state index contributed by atoms with van der Waals surface area (Å²) in [6.45, 7) is 2.39. The summed E-state index contributed by atoms with van der Waals surface area (Å²) in [7, 11) is 0. The number of aryl methyl sites for hydroxylation is 1. The molecule has 1 aliphatic carbocycles. The van der Waals surface area contributed by atoms with Crippen LogP contribution >= 0.6 is 0 Å². The zero-order valence-electron chi connectivity index (χ0n) is 15.8. The van der Waals surface area contributed by atoms with Gasteiger partial charge in [-0.15, -0.1) is 0 Å². The van der Waals surface area contributed by atoms with Crippen LogP contribution in [0, 0.1) is 12.3 Å². The number of nitrogens with zero attached hydrogens (tertiary/aromatic N) is 2. The largest absolute Gasteiger partial charge is 0.388 e. The summed E-state index contributed by atoms with van der Waals surface area (Å²) in [6.07, 6.45) is 2.94. The van der Waals surface area contributed by atoms with Gasteiger partial charge in [0.25, 0.3) is 0 Å². The molecule has 3 N–H and O–H groups in total. The molecule has 0 bridgehead atoms. The van der Waals surface area contributed by atoms with Crippen molar-refractivity contribution >= 4 is 11.7 Å². The first-order valence-electron chi connectivity index (χ1n) is 9.47. The van der Waals surface area contributed by atoms with Crippen molar-refractivity contribution in [3.8, 4) is 5.69 Å². The van der Waals surface area contributed by atoms with Gasteiger partial charge in [-0.05, 0) is 43.5 Å². The minimum absolute atomic E-state index is 0.281. The second kappa shape index (κ2) is 7.48. The van der Waals surface area contributed by atoms with E-state index in [0.29, 0.717) is 12.2 Å². The number of amides is 2. The van der Waals surface area contributed by atoms with Crippen LogP contribution in [0.25, 0.3) is 5.69 Å². The molecule has 2 aromatic carbocycles. The number of aliphatic hydroxyl groups is 1. The smallest absolute Gasteiger partial charge is 0.319 e. The molecule has 0 saturated heterocycles. The molecule has 4 rings (SSSR count). The van der Waals surface area contributed by atoms with Crippen LogP contribution in [0.5, 0.6) is 0 Å². The zero-order valence-corrected chi connectivity index (χ0v) is 15.8. The van der Waals surface area contributed by atoms with E-state index < -0.39 is 6.10 Å². The lowest BCUT2D eigenvalue weighted by Gasteiger charge is -2.23. The first-order valence-corrected chi connectivity index (χ1v) is 9.47. The number of benzene rings is 2. The molecule has 1 unspecified atom stereocenters. The molecule has 6 nitrogen and oxygen atoms in total. The van der Waals surface area contributed by atoms with E-state index >= 15 is 0 Å². The number of rotatable bonds is 6. The molecule has 0 radical (unpaired) electrons. The molecule has 1 aromatic heterocycles. The van der Waals surface area contributed by atoms with Crippen molar-refractivity contribution in [2.24, 2.45) is 5.41 Å². The number of hydrogen-bond acceptors (Lipinski definition) is 3. The van der Waals surface area contributed by atoms with E-state index in [1.165, 1.54) is 0 Å². The average molecular weight is 376 g/mol. The number of nitrogens with one attached hydrogen (secondary N) is 2. The fourth-order valence-electron chi connectivity index (χ4n) is 3.50. The minimum atomic E-state index is -0.576. The molecule has 28 heavy (non-hydrogen) atoms. The molecular weight excluding hydrogens is 352 g/mol. The highest BCUT2D eigenvalue weighted by Gasteiger charge is 2.49. The number of carbonyl (C=O) groups is 1. The number of carbonyl (C=O) groups excluding carboxylic acids is 1. The third-order valence-corrected chi connectivity index (χ3v) is 5.40. The normalized spacial score (nSPS) is 15.6. The molecule has 1 atom stereocenters. The lowest BCUT2D eigenvalue weighted by Crippen LogP contribution is -2.36. The maximum atomic E-state index is 12.5. The van der Waals surface area contributed by atoms with Gasteiger partial charge in [0.15, 0.2) is 0 Å². The van der Waals surface area contributed by atoms with Crippen LogP contribution in [-0.2, 0) is 0 Å². The van der Waals surface area contributed by atoms with Crippen LogP contribution in [0.4, 0.5) is 10.5 Å². The van der Waals surface area contributed by atoms with Gasteiger partial charge in [-0.25, -0.2) is 9.48 Å². The summed E-state index contributed by atoms with van der Waals surface area (Å²) in [5.41, 5.74) is 3.08. The van der Waals surface area contributed by atoms with Crippen LogP contribution in [0.3, 0.4) is 0 Å². The van der Waals surface area contributed by atoms with E-state index in [2.05, 4.69) is 15.7 Å². The molecule has 1 aliphatic rings. The Kier molecular flexibility index (Phi) is 4.88. The van der Waals surface area contributed by atoms with Crippen molar-refractivity contribution in [3.63, 3.8) is 0 Å². The molecule has 1 fully saturated rings.